The zero-order valence-corrected chi connectivity index (χ0v) is 17.0. The summed E-state index contributed by atoms with van der Waals surface area (Å²) < 4.78 is 2.89. The number of hydrogen-bond acceptors (Lipinski definition) is 7. The van der Waals surface area contributed by atoms with Crippen LogP contribution in [0.1, 0.15) is 12.8 Å². The first-order valence-electron chi connectivity index (χ1n) is 9.45. The Balaban J connectivity index is 1.52. The van der Waals surface area contributed by atoms with Gasteiger partial charge in [0.25, 0.3) is 11.2 Å². The predicted octanol–water partition coefficient (Wildman–Crippen LogP) is 2.61. The van der Waals surface area contributed by atoms with Crippen LogP contribution in [0.2, 0.25) is 5.02 Å². The summed E-state index contributed by atoms with van der Waals surface area (Å²) >= 11 is 6.33. The van der Waals surface area contributed by atoms with E-state index in [1.54, 1.807) is 4.68 Å². The molecule has 0 saturated carbocycles. The van der Waals surface area contributed by atoms with Crippen LogP contribution >= 0.6 is 11.6 Å². The largest absolute Gasteiger partial charge is 0.378 e. The third-order valence-corrected chi connectivity index (χ3v) is 5.43. The smallest absolute Gasteiger partial charge is 0.292 e. The molecule has 0 amide bonds. The summed E-state index contributed by atoms with van der Waals surface area (Å²) in [6, 6.07) is 5.66. The van der Waals surface area contributed by atoms with Gasteiger partial charge in [-0.15, -0.1) is 0 Å². The minimum absolute atomic E-state index is 0.0295. The Morgan fingerprint density at radius 1 is 1.20 bits per heavy atom. The van der Waals surface area contributed by atoms with Crippen molar-refractivity contribution >= 4 is 28.7 Å². The van der Waals surface area contributed by atoms with E-state index < -0.39 is 10.5 Å². The highest BCUT2D eigenvalue weighted by Gasteiger charge is 2.22. The lowest BCUT2D eigenvalue weighted by molar-refractivity contribution is -0.384. The van der Waals surface area contributed by atoms with Crippen LogP contribution in [0.15, 0.2) is 47.7 Å². The average molecular weight is 430 g/mol. The number of hydrogen-bond donors (Lipinski definition) is 1. The first-order chi connectivity index (χ1) is 14.4. The molecule has 1 aliphatic rings. The lowest BCUT2D eigenvalue weighted by Gasteiger charge is -2.34. The van der Waals surface area contributed by atoms with Gasteiger partial charge < -0.3 is 10.2 Å². The highest BCUT2D eigenvalue weighted by molar-refractivity contribution is 6.33. The second-order valence-corrected chi connectivity index (χ2v) is 7.54. The minimum Gasteiger partial charge on any atom is -0.378 e. The van der Waals surface area contributed by atoms with Gasteiger partial charge in [-0.3, -0.25) is 19.6 Å². The monoisotopic (exact) mass is 429 g/mol. The fraction of sp³-hybridized carbons (Fsp3) is 0.316. The van der Waals surface area contributed by atoms with Crippen molar-refractivity contribution in [2.24, 2.45) is 7.05 Å². The molecule has 1 fully saturated rings. The summed E-state index contributed by atoms with van der Waals surface area (Å²) in [5.41, 5.74) is 1.38. The van der Waals surface area contributed by atoms with Crippen LogP contribution in [0.3, 0.4) is 0 Å². The molecule has 0 spiro atoms. The van der Waals surface area contributed by atoms with Gasteiger partial charge in [0.15, 0.2) is 0 Å². The molecule has 1 aromatic carbocycles. The quantitative estimate of drug-likeness (QED) is 0.490. The van der Waals surface area contributed by atoms with Crippen molar-refractivity contribution in [2.45, 2.75) is 18.9 Å². The van der Waals surface area contributed by atoms with Gasteiger partial charge in [0, 0.05) is 44.5 Å². The molecule has 0 radical (unpaired) electrons. The molecule has 1 saturated heterocycles. The molecule has 3 aromatic rings. The normalized spacial score (nSPS) is 16.5. The van der Waals surface area contributed by atoms with E-state index in [0.29, 0.717) is 11.4 Å². The number of aromatic nitrogens is 4. The molecule has 1 N–H and O–H groups in total. The third kappa shape index (κ3) is 3.99. The number of rotatable bonds is 5. The number of benzene rings is 1. The van der Waals surface area contributed by atoms with E-state index in [-0.39, 0.29) is 16.8 Å². The number of anilines is 2. The van der Waals surface area contributed by atoms with Gasteiger partial charge in [0.2, 0.25) is 0 Å². The van der Waals surface area contributed by atoms with Gasteiger partial charge in [-0.25, -0.2) is 0 Å². The molecule has 0 bridgehead atoms. The molecule has 156 valence electrons. The summed E-state index contributed by atoms with van der Waals surface area (Å²) in [6.07, 6.45) is 7.26. The lowest BCUT2D eigenvalue weighted by Crippen LogP contribution is -2.42. The average Bonchev–Trinajstić information content (AvgIpc) is 3.18. The maximum Gasteiger partial charge on any atom is 0.292 e. The van der Waals surface area contributed by atoms with E-state index in [1.807, 2.05) is 19.4 Å². The van der Waals surface area contributed by atoms with Gasteiger partial charge in [-0.05, 0) is 25.0 Å². The number of nitro groups is 1. The zero-order valence-electron chi connectivity index (χ0n) is 16.2. The van der Waals surface area contributed by atoms with Gasteiger partial charge in [0.1, 0.15) is 5.02 Å². The second-order valence-electron chi connectivity index (χ2n) is 7.16. The summed E-state index contributed by atoms with van der Waals surface area (Å²) in [5.74, 6) is 0. The summed E-state index contributed by atoms with van der Waals surface area (Å²) in [4.78, 5) is 25.3. The van der Waals surface area contributed by atoms with Crippen LogP contribution in [0.5, 0.6) is 0 Å². The van der Waals surface area contributed by atoms with Crippen molar-refractivity contribution in [3.8, 4) is 5.69 Å². The fourth-order valence-corrected chi connectivity index (χ4v) is 3.74. The summed E-state index contributed by atoms with van der Waals surface area (Å²) in [6.45, 7) is 1.70. The van der Waals surface area contributed by atoms with Crippen LogP contribution in [0.25, 0.3) is 5.69 Å². The van der Waals surface area contributed by atoms with Crippen LogP contribution in [0, 0.1) is 10.1 Å². The molecule has 11 heteroatoms. The third-order valence-electron chi connectivity index (χ3n) is 5.06. The number of non-ortho nitro benzene ring substituents is 1. The molecule has 30 heavy (non-hydrogen) atoms. The van der Waals surface area contributed by atoms with Gasteiger partial charge in [0.05, 0.1) is 34.4 Å². The van der Waals surface area contributed by atoms with Gasteiger partial charge in [-0.1, -0.05) is 11.6 Å². The molecule has 10 nitrogen and oxygen atoms in total. The van der Waals surface area contributed by atoms with Crippen molar-refractivity contribution in [1.82, 2.24) is 19.6 Å². The van der Waals surface area contributed by atoms with Crippen LogP contribution in [0.4, 0.5) is 17.1 Å². The van der Waals surface area contributed by atoms with Gasteiger partial charge >= 0.3 is 0 Å². The Morgan fingerprint density at radius 3 is 2.63 bits per heavy atom. The number of nitro benzene ring substituents is 1. The summed E-state index contributed by atoms with van der Waals surface area (Å²) in [5, 5.41) is 22.6. The summed E-state index contributed by atoms with van der Waals surface area (Å²) in [7, 11) is 1.88. The fourth-order valence-electron chi connectivity index (χ4n) is 3.55. The molecular weight excluding hydrogens is 410 g/mol. The van der Waals surface area contributed by atoms with Crippen molar-refractivity contribution < 1.29 is 4.92 Å². The topological polar surface area (TPSA) is 111 Å². The maximum absolute atomic E-state index is 12.7. The van der Waals surface area contributed by atoms with Gasteiger partial charge in [-0.2, -0.15) is 14.9 Å². The van der Waals surface area contributed by atoms with E-state index in [2.05, 4.69) is 20.4 Å². The highest BCUT2D eigenvalue weighted by Crippen LogP contribution is 2.24. The van der Waals surface area contributed by atoms with Crippen molar-refractivity contribution in [1.29, 1.82) is 0 Å². The van der Waals surface area contributed by atoms with Crippen LogP contribution < -0.4 is 15.8 Å². The SMILES string of the molecule is Cn1cc(N2CCCC(Nc3cnn(-c4ccc([N+](=O)[O-])cc4)c(=O)c3Cl)C2)cn1. The number of piperidine rings is 1. The molecule has 4 rings (SSSR count). The zero-order chi connectivity index (χ0) is 21.3. The standard InChI is InChI=1S/C19H20ClN7O3/c1-24-12-16(9-21-24)25-8-2-3-13(11-25)23-17-10-22-26(19(28)18(17)20)14-4-6-15(7-5-14)27(29)30/h4-7,9-10,12-13,23H,2-3,8,11H2,1H3. The number of nitrogens with one attached hydrogen (secondary N) is 1. The molecule has 3 heterocycles. The predicted molar refractivity (Wildman–Crippen MR) is 114 cm³/mol. The molecule has 2 aromatic heterocycles. The van der Waals surface area contributed by atoms with Crippen LogP contribution in [-0.2, 0) is 7.05 Å². The van der Waals surface area contributed by atoms with E-state index in [4.69, 9.17) is 11.6 Å². The Bertz CT molecular complexity index is 1130. The molecule has 1 atom stereocenters. The molecular formula is C19H20ClN7O3. The van der Waals surface area contributed by atoms with E-state index >= 15 is 0 Å². The number of halogens is 1. The Morgan fingerprint density at radius 2 is 1.97 bits per heavy atom. The minimum atomic E-state index is -0.501. The van der Waals surface area contributed by atoms with E-state index in [1.165, 1.54) is 30.5 Å². The Hall–Kier alpha value is -3.40. The molecule has 1 aliphatic heterocycles. The number of aryl methyl sites for hydroxylation is 1. The number of nitrogens with zero attached hydrogens (tertiary/aromatic N) is 6. The first kappa shape index (κ1) is 19.9. The first-order valence-corrected chi connectivity index (χ1v) is 9.83. The Labute approximate surface area is 176 Å². The van der Waals surface area contributed by atoms with E-state index in [9.17, 15) is 14.9 Å². The highest BCUT2D eigenvalue weighted by atomic mass is 35.5. The molecule has 1 unspecified atom stereocenters. The van der Waals surface area contributed by atoms with E-state index in [0.717, 1.165) is 36.3 Å². The van der Waals surface area contributed by atoms with Crippen molar-refractivity contribution in [2.75, 3.05) is 23.3 Å². The maximum atomic E-state index is 12.7. The van der Waals surface area contributed by atoms with Crippen molar-refractivity contribution in [3.05, 3.63) is 68.3 Å². The van der Waals surface area contributed by atoms with Crippen molar-refractivity contribution in [3.63, 3.8) is 0 Å². The van der Waals surface area contributed by atoms with Crippen LogP contribution in [-0.4, -0.2) is 43.6 Å². The Kier molecular flexibility index (Phi) is 5.40. The second kappa shape index (κ2) is 8.15. The molecule has 0 aliphatic carbocycles. The lowest BCUT2D eigenvalue weighted by atomic mass is 10.1.